The van der Waals surface area contributed by atoms with Crippen LogP contribution in [0.3, 0.4) is 0 Å². The molecule has 0 spiro atoms. The summed E-state index contributed by atoms with van der Waals surface area (Å²) in [6, 6.07) is 22.3. The molecule has 2 aromatic carbocycles. The first kappa shape index (κ1) is 17.8. The van der Waals surface area contributed by atoms with Gasteiger partial charge in [0.1, 0.15) is 11.9 Å². The van der Waals surface area contributed by atoms with Crippen LogP contribution in [0.5, 0.6) is 5.75 Å². The summed E-state index contributed by atoms with van der Waals surface area (Å²) in [6.45, 7) is 2.31. The number of thiophene rings is 1. The lowest BCUT2D eigenvalue weighted by atomic mass is 10.1. The Morgan fingerprint density at radius 3 is 2.70 bits per heavy atom. The number of carbonyl (C=O) groups is 1. The molecule has 4 rings (SSSR count). The number of carbonyl (C=O) groups excluding carboxylic acids is 1. The maximum atomic E-state index is 12.5. The molecule has 1 unspecified atom stereocenters. The van der Waals surface area contributed by atoms with E-state index in [1.165, 1.54) is 0 Å². The third-order valence-corrected chi connectivity index (χ3v) is 5.51. The van der Waals surface area contributed by atoms with Gasteiger partial charge in [-0.1, -0.05) is 54.6 Å². The standard InChI is InChI=1S/C22H22N2O2S/c25-22(23-13-19-10-6-12-27-19)16-24-14-18-9-4-5-11-20(18)26-21(15-24)17-7-2-1-3-8-17/h1-12,21H,13-16H2,(H,23,25). The Labute approximate surface area is 163 Å². The molecule has 0 saturated heterocycles. The molecule has 2 heterocycles. The van der Waals surface area contributed by atoms with Crippen LogP contribution in [0.2, 0.25) is 0 Å². The van der Waals surface area contributed by atoms with Gasteiger partial charge in [-0.3, -0.25) is 9.69 Å². The number of amides is 1. The Hall–Kier alpha value is -2.63. The van der Waals surface area contributed by atoms with Crippen molar-refractivity contribution in [3.8, 4) is 5.75 Å². The number of nitrogens with one attached hydrogen (secondary N) is 1. The fourth-order valence-electron chi connectivity index (χ4n) is 3.30. The molecule has 1 aromatic heterocycles. The molecule has 27 heavy (non-hydrogen) atoms. The zero-order valence-electron chi connectivity index (χ0n) is 15.0. The van der Waals surface area contributed by atoms with Crippen LogP contribution in [0.1, 0.15) is 22.1 Å². The minimum absolute atomic E-state index is 0.0367. The molecule has 0 saturated carbocycles. The van der Waals surface area contributed by atoms with Crippen molar-refractivity contribution < 1.29 is 9.53 Å². The third kappa shape index (κ3) is 4.56. The highest BCUT2D eigenvalue weighted by molar-refractivity contribution is 7.09. The first-order chi connectivity index (χ1) is 13.3. The molecule has 1 atom stereocenters. The van der Waals surface area contributed by atoms with Crippen LogP contribution in [-0.4, -0.2) is 23.9 Å². The summed E-state index contributed by atoms with van der Waals surface area (Å²) >= 11 is 1.65. The van der Waals surface area contributed by atoms with Crippen molar-refractivity contribution in [2.45, 2.75) is 19.2 Å². The average molecular weight is 378 g/mol. The summed E-state index contributed by atoms with van der Waals surface area (Å²) in [5, 5.41) is 5.04. The smallest absolute Gasteiger partial charge is 0.234 e. The zero-order chi connectivity index (χ0) is 18.5. The van der Waals surface area contributed by atoms with Gasteiger partial charge in [-0.2, -0.15) is 0 Å². The van der Waals surface area contributed by atoms with Crippen molar-refractivity contribution in [1.29, 1.82) is 0 Å². The van der Waals surface area contributed by atoms with Crippen molar-refractivity contribution >= 4 is 17.2 Å². The average Bonchev–Trinajstić information content (AvgIpc) is 3.14. The van der Waals surface area contributed by atoms with Gasteiger partial charge in [0.05, 0.1) is 13.1 Å². The number of nitrogens with zero attached hydrogens (tertiary/aromatic N) is 1. The van der Waals surface area contributed by atoms with Gasteiger partial charge >= 0.3 is 0 Å². The molecule has 138 valence electrons. The second-order valence-electron chi connectivity index (χ2n) is 6.65. The van der Waals surface area contributed by atoms with E-state index in [4.69, 9.17) is 4.74 Å². The van der Waals surface area contributed by atoms with Crippen molar-refractivity contribution in [2.75, 3.05) is 13.1 Å². The van der Waals surface area contributed by atoms with Crippen LogP contribution >= 0.6 is 11.3 Å². The Morgan fingerprint density at radius 1 is 1.07 bits per heavy atom. The molecule has 4 nitrogen and oxygen atoms in total. The lowest BCUT2D eigenvalue weighted by molar-refractivity contribution is -0.122. The van der Waals surface area contributed by atoms with Crippen molar-refractivity contribution in [3.05, 3.63) is 88.1 Å². The van der Waals surface area contributed by atoms with E-state index in [-0.39, 0.29) is 12.0 Å². The first-order valence-corrected chi connectivity index (χ1v) is 9.97. The molecule has 3 aromatic rings. The predicted molar refractivity (Wildman–Crippen MR) is 108 cm³/mol. The number of hydrogen-bond donors (Lipinski definition) is 1. The molecule has 1 aliphatic heterocycles. The second-order valence-corrected chi connectivity index (χ2v) is 7.68. The minimum Gasteiger partial charge on any atom is -0.484 e. The highest BCUT2D eigenvalue weighted by Crippen LogP contribution is 2.30. The number of ether oxygens (including phenoxy) is 1. The minimum atomic E-state index is -0.0973. The van der Waals surface area contributed by atoms with Crippen LogP contribution in [0, 0.1) is 0 Å². The van der Waals surface area contributed by atoms with Gasteiger partial charge in [-0.25, -0.2) is 0 Å². The van der Waals surface area contributed by atoms with Gasteiger partial charge in [0.15, 0.2) is 0 Å². The lowest BCUT2D eigenvalue weighted by Gasteiger charge is -2.23. The zero-order valence-corrected chi connectivity index (χ0v) is 15.8. The fraction of sp³-hybridized carbons (Fsp3) is 0.227. The maximum absolute atomic E-state index is 12.5. The molecule has 1 N–H and O–H groups in total. The Balaban J connectivity index is 1.48. The normalized spacial score (nSPS) is 16.8. The van der Waals surface area contributed by atoms with Crippen LogP contribution in [0.15, 0.2) is 72.1 Å². The van der Waals surface area contributed by atoms with Gasteiger partial charge in [-0.15, -0.1) is 11.3 Å². The van der Waals surface area contributed by atoms with Gasteiger partial charge in [0.25, 0.3) is 0 Å². The van der Waals surface area contributed by atoms with Crippen LogP contribution in [0.4, 0.5) is 0 Å². The van der Waals surface area contributed by atoms with E-state index in [0.717, 1.165) is 21.8 Å². The SMILES string of the molecule is O=C(CN1Cc2ccccc2OC(c2ccccc2)C1)NCc1cccs1. The number of hydrogen-bond acceptors (Lipinski definition) is 4. The van der Waals surface area contributed by atoms with E-state index < -0.39 is 0 Å². The van der Waals surface area contributed by atoms with Gasteiger partial charge in [0, 0.05) is 23.5 Å². The van der Waals surface area contributed by atoms with E-state index in [2.05, 4.69) is 28.4 Å². The van der Waals surface area contributed by atoms with Gasteiger partial charge < -0.3 is 10.1 Å². The van der Waals surface area contributed by atoms with Crippen LogP contribution in [-0.2, 0) is 17.9 Å². The number of benzene rings is 2. The summed E-state index contributed by atoms with van der Waals surface area (Å²) in [5.74, 6) is 0.933. The molecular formula is C22H22N2O2S. The van der Waals surface area contributed by atoms with E-state index >= 15 is 0 Å². The first-order valence-electron chi connectivity index (χ1n) is 9.09. The van der Waals surface area contributed by atoms with Crippen LogP contribution in [0.25, 0.3) is 0 Å². The molecule has 1 aliphatic rings. The Morgan fingerprint density at radius 2 is 1.89 bits per heavy atom. The quantitative estimate of drug-likeness (QED) is 0.730. The molecule has 0 aliphatic carbocycles. The largest absolute Gasteiger partial charge is 0.484 e. The summed E-state index contributed by atoms with van der Waals surface area (Å²) in [7, 11) is 0. The molecule has 0 radical (unpaired) electrons. The van der Waals surface area contributed by atoms with E-state index in [0.29, 0.717) is 26.2 Å². The lowest BCUT2D eigenvalue weighted by Crippen LogP contribution is -2.38. The monoisotopic (exact) mass is 378 g/mol. The summed E-state index contributed by atoms with van der Waals surface area (Å²) < 4.78 is 6.30. The fourth-order valence-corrected chi connectivity index (χ4v) is 3.94. The van der Waals surface area contributed by atoms with Crippen molar-refractivity contribution in [3.63, 3.8) is 0 Å². The summed E-state index contributed by atoms with van der Waals surface area (Å²) in [6.07, 6.45) is -0.0973. The van der Waals surface area contributed by atoms with Gasteiger partial charge in [0.2, 0.25) is 5.91 Å². The molecular weight excluding hydrogens is 356 g/mol. The molecule has 0 fully saturated rings. The van der Waals surface area contributed by atoms with Crippen molar-refractivity contribution in [1.82, 2.24) is 10.2 Å². The number of para-hydroxylation sites is 1. The number of rotatable bonds is 5. The van der Waals surface area contributed by atoms with E-state index in [1.54, 1.807) is 11.3 Å². The Kier molecular flexibility index (Phi) is 5.51. The van der Waals surface area contributed by atoms with Gasteiger partial charge in [-0.05, 0) is 23.1 Å². The summed E-state index contributed by atoms with van der Waals surface area (Å²) in [5.41, 5.74) is 2.24. The maximum Gasteiger partial charge on any atom is 0.234 e. The summed E-state index contributed by atoms with van der Waals surface area (Å²) in [4.78, 5) is 15.8. The topological polar surface area (TPSA) is 41.6 Å². The molecule has 5 heteroatoms. The second kappa shape index (κ2) is 8.37. The van der Waals surface area contributed by atoms with Crippen LogP contribution < -0.4 is 10.1 Å². The highest BCUT2D eigenvalue weighted by Gasteiger charge is 2.25. The van der Waals surface area contributed by atoms with E-state index in [9.17, 15) is 4.79 Å². The predicted octanol–water partition coefficient (Wildman–Crippen LogP) is 4.00. The highest BCUT2D eigenvalue weighted by atomic mass is 32.1. The Bertz CT molecular complexity index is 880. The number of fused-ring (bicyclic) bond motifs is 1. The van der Waals surface area contributed by atoms with Crippen molar-refractivity contribution in [2.24, 2.45) is 0 Å². The molecule has 0 bridgehead atoms. The van der Waals surface area contributed by atoms with E-state index in [1.807, 2.05) is 53.9 Å². The third-order valence-electron chi connectivity index (χ3n) is 4.64. The molecule has 1 amide bonds.